The summed E-state index contributed by atoms with van der Waals surface area (Å²) in [5.74, 6) is -0.266. The third kappa shape index (κ3) is 4.29. The Morgan fingerprint density at radius 3 is 2.64 bits per heavy atom. The number of carbonyl (C=O) groups excluding carboxylic acids is 2. The highest BCUT2D eigenvalue weighted by molar-refractivity contribution is 5.95. The molecule has 0 radical (unpaired) electrons. The monoisotopic (exact) mass is 332 g/mol. The van der Waals surface area contributed by atoms with E-state index in [9.17, 15) is 9.59 Å². The lowest BCUT2D eigenvalue weighted by Crippen LogP contribution is -2.04. The smallest absolute Gasteiger partial charge is 0.336 e. The van der Waals surface area contributed by atoms with E-state index in [1.165, 1.54) is 13.0 Å². The first-order valence-corrected chi connectivity index (χ1v) is 7.73. The molecule has 0 saturated heterocycles. The van der Waals surface area contributed by atoms with E-state index in [1.54, 1.807) is 41.2 Å². The molecule has 0 amide bonds. The lowest BCUT2D eigenvalue weighted by Gasteiger charge is -2.02. The van der Waals surface area contributed by atoms with Crippen molar-refractivity contribution >= 4 is 17.8 Å². The Labute approximate surface area is 145 Å². The summed E-state index contributed by atoms with van der Waals surface area (Å²) in [6, 6.07) is 16.2. The number of ketones is 1. The highest BCUT2D eigenvalue weighted by Crippen LogP contribution is 2.14. The van der Waals surface area contributed by atoms with Gasteiger partial charge in [0.2, 0.25) is 0 Å². The maximum atomic E-state index is 11.9. The number of hydrogen-bond acceptors (Lipinski definition) is 4. The van der Waals surface area contributed by atoms with E-state index in [0.29, 0.717) is 11.3 Å². The second-order valence-corrected chi connectivity index (χ2v) is 5.39. The number of para-hydroxylation sites is 1. The summed E-state index contributed by atoms with van der Waals surface area (Å²) >= 11 is 0. The predicted molar refractivity (Wildman–Crippen MR) is 94.7 cm³/mol. The topological polar surface area (TPSA) is 61.2 Å². The molecule has 0 saturated carbocycles. The van der Waals surface area contributed by atoms with Crippen molar-refractivity contribution < 1.29 is 14.3 Å². The number of rotatable bonds is 5. The van der Waals surface area contributed by atoms with Crippen molar-refractivity contribution in [3.05, 3.63) is 84.2 Å². The van der Waals surface area contributed by atoms with Crippen LogP contribution in [0.5, 0.6) is 5.75 Å². The van der Waals surface area contributed by atoms with Crippen molar-refractivity contribution in [3.63, 3.8) is 0 Å². The van der Waals surface area contributed by atoms with Gasteiger partial charge in [0.1, 0.15) is 5.75 Å². The summed E-state index contributed by atoms with van der Waals surface area (Å²) < 4.78 is 6.94. The standard InChI is InChI=1S/C20H16N2O3/c1-15(23)17-6-5-9-19(12-17)25-20(24)11-10-16-13-21-22(14-16)18-7-3-2-4-8-18/h2-14H,1H3/b11-10+. The summed E-state index contributed by atoms with van der Waals surface area (Å²) in [5, 5.41) is 4.26. The molecule has 0 N–H and O–H groups in total. The lowest BCUT2D eigenvalue weighted by atomic mass is 10.1. The molecule has 0 aliphatic heterocycles. The van der Waals surface area contributed by atoms with Gasteiger partial charge in [-0.05, 0) is 37.3 Å². The van der Waals surface area contributed by atoms with Crippen molar-refractivity contribution in [1.82, 2.24) is 9.78 Å². The van der Waals surface area contributed by atoms with Crippen molar-refractivity contribution in [3.8, 4) is 11.4 Å². The number of carbonyl (C=O) groups is 2. The minimum absolute atomic E-state index is 0.0817. The Morgan fingerprint density at radius 2 is 1.88 bits per heavy atom. The Balaban J connectivity index is 1.66. The molecule has 3 rings (SSSR count). The second kappa shape index (κ2) is 7.40. The van der Waals surface area contributed by atoms with E-state index in [4.69, 9.17) is 4.74 Å². The van der Waals surface area contributed by atoms with E-state index in [1.807, 2.05) is 36.5 Å². The molecule has 0 unspecified atom stereocenters. The maximum absolute atomic E-state index is 11.9. The fraction of sp³-hybridized carbons (Fsp3) is 0.0500. The van der Waals surface area contributed by atoms with Crippen molar-refractivity contribution in [2.24, 2.45) is 0 Å². The van der Waals surface area contributed by atoms with E-state index < -0.39 is 5.97 Å². The third-order valence-electron chi connectivity index (χ3n) is 3.49. The molecule has 0 spiro atoms. The molecule has 0 atom stereocenters. The molecule has 0 fully saturated rings. The molecular formula is C20H16N2O3. The van der Waals surface area contributed by atoms with Crippen LogP contribution >= 0.6 is 0 Å². The number of nitrogens with zero attached hydrogens (tertiary/aromatic N) is 2. The lowest BCUT2D eigenvalue weighted by molar-refractivity contribution is -0.128. The first kappa shape index (κ1) is 16.4. The normalized spacial score (nSPS) is 10.8. The van der Waals surface area contributed by atoms with Crippen LogP contribution in [0.1, 0.15) is 22.8 Å². The first-order chi connectivity index (χ1) is 12.1. The van der Waals surface area contributed by atoms with Gasteiger partial charge in [-0.25, -0.2) is 9.48 Å². The quantitative estimate of drug-likeness (QED) is 0.309. The van der Waals surface area contributed by atoms with Gasteiger partial charge in [-0.3, -0.25) is 4.79 Å². The zero-order valence-corrected chi connectivity index (χ0v) is 13.6. The highest BCUT2D eigenvalue weighted by atomic mass is 16.5. The van der Waals surface area contributed by atoms with E-state index in [0.717, 1.165) is 11.3 Å². The van der Waals surface area contributed by atoms with E-state index in [2.05, 4.69) is 5.10 Å². The summed E-state index contributed by atoms with van der Waals surface area (Å²) in [5.41, 5.74) is 2.21. The minimum atomic E-state index is -0.520. The first-order valence-electron chi connectivity index (χ1n) is 7.73. The molecule has 1 aromatic heterocycles. The molecule has 1 heterocycles. The molecule has 0 aliphatic carbocycles. The predicted octanol–water partition coefficient (Wildman–Crippen LogP) is 3.69. The molecule has 5 heteroatoms. The average Bonchev–Trinajstić information content (AvgIpc) is 3.10. The van der Waals surface area contributed by atoms with Gasteiger partial charge in [-0.2, -0.15) is 5.10 Å². The van der Waals surface area contributed by atoms with Crippen LogP contribution in [0.3, 0.4) is 0 Å². The Hall–Kier alpha value is -3.47. The van der Waals surface area contributed by atoms with Crippen LogP contribution in [0.2, 0.25) is 0 Å². The van der Waals surface area contributed by atoms with Crippen LogP contribution < -0.4 is 4.74 Å². The summed E-state index contributed by atoms with van der Waals surface area (Å²) in [4.78, 5) is 23.3. The van der Waals surface area contributed by atoms with E-state index >= 15 is 0 Å². The molecule has 0 aliphatic rings. The highest BCUT2D eigenvalue weighted by Gasteiger charge is 2.05. The zero-order chi connectivity index (χ0) is 17.6. The maximum Gasteiger partial charge on any atom is 0.336 e. The average molecular weight is 332 g/mol. The number of ether oxygens (including phenoxy) is 1. The van der Waals surface area contributed by atoms with Gasteiger partial charge in [0.25, 0.3) is 0 Å². The molecule has 25 heavy (non-hydrogen) atoms. The fourth-order valence-corrected chi connectivity index (χ4v) is 2.24. The van der Waals surface area contributed by atoms with Crippen LogP contribution in [-0.4, -0.2) is 21.5 Å². The minimum Gasteiger partial charge on any atom is -0.423 e. The van der Waals surface area contributed by atoms with Crippen LogP contribution in [0.4, 0.5) is 0 Å². The van der Waals surface area contributed by atoms with Crippen LogP contribution in [0, 0.1) is 0 Å². The molecule has 2 aromatic carbocycles. The molecule has 3 aromatic rings. The van der Waals surface area contributed by atoms with Gasteiger partial charge in [0.15, 0.2) is 5.78 Å². The Morgan fingerprint density at radius 1 is 1.08 bits per heavy atom. The van der Waals surface area contributed by atoms with Gasteiger partial charge in [0, 0.05) is 23.4 Å². The molecule has 5 nitrogen and oxygen atoms in total. The van der Waals surface area contributed by atoms with Gasteiger partial charge in [-0.15, -0.1) is 0 Å². The Kier molecular flexibility index (Phi) is 4.85. The van der Waals surface area contributed by atoms with Crippen molar-refractivity contribution in [1.29, 1.82) is 0 Å². The zero-order valence-electron chi connectivity index (χ0n) is 13.6. The van der Waals surface area contributed by atoms with Crippen LogP contribution in [0.15, 0.2) is 73.1 Å². The van der Waals surface area contributed by atoms with Gasteiger partial charge < -0.3 is 4.74 Å². The number of aromatic nitrogens is 2. The van der Waals surface area contributed by atoms with Crippen LogP contribution in [-0.2, 0) is 4.79 Å². The number of Topliss-reactive ketones (excluding diaryl/α,β-unsaturated/α-hetero) is 1. The van der Waals surface area contributed by atoms with Crippen LogP contribution in [0.25, 0.3) is 11.8 Å². The van der Waals surface area contributed by atoms with Crippen molar-refractivity contribution in [2.75, 3.05) is 0 Å². The number of hydrogen-bond donors (Lipinski definition) is 0. The van der Waals surface area contributed by atoms with Gasteiger partial charge in [-0.1, -0.05) is 30.3 Å². The third-order valence-corrected chi connectivity index (χ3v) is 3.49. The summed E-state index contributed by atoms with van der Waals surface area (Å²) in [7, 11) is 0. The molecule has 0 bridgehead atoms. The van der Waals surface area contributed by atoms with E-state index in [-0.39, 0.29) is 5.78 Å². The summed E-state index contributed by atoms with van der Waals surface area (Å²) in [6.07, 6.45) is 6.43. The number of benzene rings is 2. The number of esters is 1. The van der Waals surface area contributed by atoms with Gasteiger partial charge >= 0.3 is 5.97 Å². The largest absolute Gasteiger partial charge is 0.423 e. The SMILES string of the molecule is CC(=O)c1cccc(OC(=O)/C=C/c2cnn(-c3ccccc3)c2)c1. The Bertz CT molecular complexity index is 927. The van der Waals surface area contributed by atoms with Crippen molar-refractivity contribution in [2.45, 2.75) is 6.92 Å². The summed E-state index contributed by atoms with van der Waals surface area (Å²) in [6.45, 7) is 1.46. The molecular weight excluding hydrogens is 316 g/mol. The second-order valence-electron chi connectivity index (χ2n) is 5.39. The molecule has 124 valence electrons. The van der Waals surface area contributed by atoms with Gasteiger partial charge in [0.05, 0.1) is 11.9 Å². The fourth-order valence-electron chi connectivity index (χ4n) is 2.24.